The summed E-state index contributed by atoms with van der Waals surface area (Å²) < 4.78 is 4.89. The van der Waals surface area contributed by atoms with Crippen LogP contribution < -0.4 is 0 Å². The van der Waals surface area contributed by atoms with Crippen molar-refractivity contribution >= 4 is 34.3 Å². The van der Waals surface area contributed by atoms with Crippen LogP contribution in [0.4, 0.5) is 5.00 Å². The summed E-state index contributed by atoms with van der Waals surface area (Å²) in [6.45, 7) is 3.91. The summed E-state index contributed by atoms with van der Waals surface area (Å²) in [5, 5.41) is 10.7. The standard InChI is InChI=1S/C18H21NO4S/c1-18(2)7-12(20)11(13(21)8-18)9-19-16-15(17(22)23-3)10-5-4-6-14(10)24-16/h9,20H,4-8H2,1-3H3/b19-9+. The van der Waals surface area contributed by atoms with Crippen LogP contribution in [0.25, 0.3) is 0 Å². The molecule has 2 aliphatic carbocycles. The number of fused-ring (bicyclic) bond motifs is 1. The Bertz CT molecular complexity index is 770. The van der Waals surface area contributed by atoms with Crippen LogP contribution >= 0.6 is 11.3 Å². The largest absolute Gasteiger partial charge is 0.511 e. The van der Waals surface area contributed by atoms with Gasteiger partial charge in [-0.15, -0.1) is 11.3 Å². The average Bonchev–Trinajstić information content (AvgIpc) is 3.04. The molecule has 0 spiro atoms. The summed E-state index contributed by atoms with van der Waals surface area (Å²) in [5.74, 6) is -0.434. The predicted molar refractivity (Wildman–Crippen MR) is 93.5 cm³/mol. The lowest BCUT2D eigenvalue weighted by molar-refractivity contribution is -0.117. The molecule has 1 N–H and O–H groups in total. The number of methoxy groups -OCH3 is 1. The average molecular weight is 347 g/mol. The van der Waals surface area contributed by atoms with E-state index in [1.807, 2.05) is 13.8 Å². The van der Waals surface area contributed by atoms with Crippen molar-refractivity contribution in [1.82, 2.24) is 0 Å². The first-order valence-electron chi connectivity index (χ1n) is 8.04. The molecule has 0 unspecified atom stereocenters. The molecular weight excluding hydrogens is 326 g/mol. The second-order valence-corrected chi connectivity index (χ2v) is 8.17. The van der Waals surface area contributed by atoms with Gasteiger partial charge in [0, 0.05) is 23.9 Å². The third kappa shape index (κ3) is 3.02. The number of hydrogen-bond donors (Lipinski definition) is 1. The molecule has 0 bridgehead atoms. The Morgan fingerprint density at radius 2 is 2.08 bits per heavy atom. The minimum Gasteiger partial charge on any atom is -0.511 e. The van der Waals surface area contributed by atoms with Gasteiger partial charge in [0.1, 0.15) is 10.8 Å². The summed E-state index contributed by atoms with van der Waals surface area (Å²) >= 11 is 1.47. The number of carbonyl (C=O) groups excluding carboxylic acids is 2. The van der Waals surface area contributed by atoms with Gasteiger partial charge in [-0.25, -0.2) is 9.79 Å². The van der Waals surface area contributed by atoms with Crippen LogP contribution in [0.3, 0.4) is 0 Å². The highest BCUT2D eigenvalue weighted by atomic mass is 32.1. The van der Waals surface area contributed by atoms with E-state index < -0.39 is 5.97 Å². The number of allylic oxidation sites excluding steroid dienone is 2. The molecule has 0 atom stereocenters. The van der Waals surface area contributed by atoms with Crippen molar-refractivity contribution in [2.75, 3.05) is 7.11 Å². The van der Waals surface area contributed by atoms with Gasteiger partial charge in [-0.05, 0) is 30.2 Å². The van der Waals surface area contributed by atoms with Crippen LogP contribution in [0.2, 0.25) is 0 Å². The molecule has 0 aromatic carbocycles. The van der Waals surface area contributed by atoms with Crippen LogP contribution in [-0.2, 0) is 22.4 Å². The first-order chi connectivity index (χ1) is 11.3. The number of hydrogen-bond acceptors (Lipinski definition) is 6. The van der Waals surface area contributed by atoms with E-state index in [1.54, 1.807) is 0 Å². The van der Waals surface area contributed by atoms with Crippen molar-refractivity contribution in [3.05, 3.63) is 27.3 Å². The van der Waals surface area contributed by atoms with E-state index in [-0.39, 0.29) is 22.5 Å². The quantitative estimate of drug-likeness (QED) is 0.664. The third-order valence-electron chi connectivity index (χ3n) is 4.50. The molecule has 0 radical (unpaired) electrons. The molecular formula is C18H21NO4S. The van der Waals surface area contributed by atoms with Gasteiger partial charge in [0.2, 0.25) is 0 Å². The van der Waals surface area contributed by atoms with E-state index >= 15 is 0 Å². The lowest BCUT2D eigenvalue weighted by atomic mass is 9.77. The molecule has 1 aromatic rings. The first kappa shape index (κ1) is 16.9. The zero-order chi connectivity index (χ0) is 17.5. The number of ether oxygens (including phenoxy) is 1. The highest BCUT2D eigenvalue weighted by Gasteiger charge is 2.32. The van der Waals surface area contributed by atoms with Gasteiger partial charge in [0.15, 0.2) is 5.78 Å². The number of thiophene rings is 1. The van der Waals surface area contributed by atoms with Gasteiger partial charge in [0.05, 0.1) is 18.2 Å². The number of ketones is 1. The number of carbonyl (C=O) groups is 2. The molecule has 0 aliphatic heterocycles. The molecule has 0 saturated heterocycles. The maximum absolute atomic E-state index is 12.3. The van der Waals surface area contributed by atoms with Crippen molar-refractivity contribution in [2.24, 2.45) is 10.4 Å². The fourth-order valence-electron chi connectivity index (χ4n) is 3.36. The van der Waals surface area contributed by atoms with Crippen molar-refractivity contribution in [3.63, 3.8) is 0 Å². The van der Waals surface area contributed by atoms with Gasteiger partial charge in [-0.1, -0.05) is 13.8 Å². The molecule has 128 valence electrons. The highest BCUT2D eigenvalue weighted by molar-refractivity contribution is 7.16. The van der Waals surface area contributed by atoms with E-state index in [4.69, 9.17) is 4.74 Å². The second kappa shape index (κ2) is 6.16. The van der Waals surface area contributed by atoms with Crippen molar-refractivity contribution in [2.45, 2.75) is 46.0 Å². The molecule has 0 fully saturated rings. The van der Waals surface area contributed by atoms with E-state index in [9.17, 15) is 14.7 Å². The minimum atomic E-state index is -0.393. The zero-order valence-corrected chi connectivity index (χ0v) is 15.0. The molecule has 5 nitrogen and oxygen atoms in total. The van der Waals surface area contributed by atoms with Crippen LogP contribution in [-0.4, -0.2) is 30.2 Å². The molecule has 0 saturated carbocycles. The molecule has 24 heavy (non-hydrogen) atoms. The SMILES string of the molecule is COC(=O)c1c(/N=C/C2=C(O)CC(C)(C)CC2=O)sc2c1CCC2. The van der Waals surface area contributed by atoms with Crippen molar-refractivity contribution in [3.8, 4) is 0 Å². The maximum atomic E-state index is 12.3. The normalized spacial score (nSPS) is 19.9. The molecule has 1 heterocycles. The summed E-state index contributed by atoms with van der Waals surface area (Å²) in [7, 11) is 1.36. The number of aliphatic hydroxyl groups is 1. The number of aliphatic imine (C=N–C) groups is 1. The van der Waals surface area contributed by atoms with Gasteiger partial charge in [0.25, 0.3) is 0 Å². The van der Waals surface area contributed by atoms with Crippen LogP contribution in [0, 0.1) is 5.41 Å². The lowest BCUT2D eigenvalue weighted by Gasteiger charge is -2.28. The molecule has 0 amide bonds. The monoisotopic (exact) mass is 347 g/mol. The van der Waals surface area contributed by atoms with Crippen molar-refractivity contribution < 1.29 is 19.4 Å². The fourth-order valence-corrected chi connectivity index (χ4v) is 4.59. The van der Waals surface area contributed by atoms with Crippen LogP contribution in [0.1, 0.15) is 53.9 Å². The number of esters is 1. The highest BCUT2D eigenvalue weighted by Crippen LogP contribution is 2.41. The number of rotatable bonds is 3. The van der Waals surface area contributed by atoms with Gasteiger partial charge >= 0.3 is 5.97 Å². The van der Waals surface area contributed by atoms with Crippen LogP contribution in [0.15, 0.2) is 16.3 Å². The Kier molecular flexibility index (Phi) is 4.34. The predicted octanol–water partition coefficient (Wildman–Crippen LogP) is 3.93. The minimum absolute atomic E-state index is 0.0729. The topological polar surface area (TPSA) is 76.0 Å². The summed E-state index contributed by atoms with van der Waals surface area (Å²) in [4.78, 5) is 29.9. The van der Waals surface area contributed by atoms with Crippen LogP contribution in [0.5, 0.6) is 0 Å². The summed E-state index contributed by atoms with van der Waals surface area (Å²) in [5.41, 5.74) is 1.54. The smallest absolute Gasteiger partial charge is 0.341 e. The van der Waals surface area contributed by atoms with Gasteiger partial charge in [-0.3, -0.25) is 4.79 Å². The Hall–Kier alpha value is -1.95. The Morgan fingerprint density at radius 3 is 2.75 bits per heavy atom. The Balaban J connectivity index is 1.96. The van der Waals surface area contributed by atoms with Gasteiger partial charge in [-0.2, -0.15) is 0 Å². The zero-order valence-electron chi connectivity index (χ0n) is 14.1. The van der Waals surface area contributed by atoms with E-state index in [2.05, 4.69) is 4.99 Å². The second-order valence-electron chi connectivity index (χ2n) is 7.09. The number of aryl methyl sites for hydroxylation is 1. The summed E-state index contributed by atoms with van der Waals surface area (Å²) in [6, 6.07) is 0. The Morgan fingerprint density at radius 1 is 1.33 bits per heavy atom. The van der Waals surface area contributed by atoms with Crippen molar-refractivity contribution in [1.29, 1.82) is 0 Å². The number of aliphatic hydroxyl groups excluding tert-OH is 1. The van der Waals surface area contributed by atoms with E-state index in [1.165, 1.54) is 24.7 Å². The molecule has 6 heteroatoms. The van der Waals surface area contributed by atoms with Gasteiger partial charge < -0.3 is 9.84 Å². The van der Waals surface area contributed by atoms with E-state index in [0.29, 0.717) is 23.4 Å². The molecule has 2 aliphatic rings. The fraction of sp³-hybridized carbons (Fsp3) is 0.500. The maximum Gasteiger partial charge on any atom is 0.341 e. The summed E-state index contributed by atoms with van der Waals surface area (Å²) in [6.07, 6.45) is 5.07. The molecule has 3 rings (SSSR count). The number of nitrogens with zero attached hydrogens (tertiary/aromatic N) is 1. The van der Waals surface area contributed by atoms with E-state index in [0.717, 1.165) is 29.7 Å². The molecule has 1 aromatic heterocycles. The lowest BCUT2D eigenvalue weighted by Crippen LogP contribution is -2.26. The number of Topliss-reactive ketones (excluding diaryl/α,β-unsaturated/α-hetero) is 1. The first-order valence-corrected chi connectivity index (χ1v) is 8.86. The third-order valence-corrected chi connectivity index (χ3v) is 5.70. The Labute approximate surface area is 145 Å².